The van der Waals surface area contributed by atoms with E-state index in [2.05, 4.69) is 21.2 Å². The predicted molar refractivity (Wildman–Crippen MR) is 102 cm³/mol. The number of amides is 1. The Hall–Kier alpha value is -1.70. The molecule has 0 radical (unpaired) electrons. The molecule has 5 nitrogen and oxygen atoms in total. The third-order valence-corrected chi connectivity index (χ3v) is 5.46. The molecule has 0 saturated carbocycles. The molecule has 0 aliphatic rings. The van der Waals surface area contributed by atoms with Crippen molar-refractivity contribution in [3.05, 3.63) is 70.2 Å². The maximum atomic E-state index is 12.3. The molecule has 0 aromatic heterocycles. The number of hydrogen-bond donors (Lipinski definition) is 1. The molecule has 1 N–H and O–H groups in total. The molecule has 7 heteroatoms. The molecule has 0 heterocycles. The Kier molecular flexibility index (Phi) is 6.75. The van der Waals surface area contributed by atoms with Crippen LogP contribution in [0.2, 0.25) is 0 Å². The fourth-order valence-electron chi connectivity index (χ4n) is 2.36. The highest BCUT2D eigenvalue weighted by molar-refractivity contribution is 9.10. The van der Waals surface area contributed by atoms with E-state index in [-0.39, 0.29) is 25.0 Å². The van der Waals surface area contributed by atoms with Crippen LogP contribution in [0.4, 0.5) is 0 Å². The smallest absolute Gasteiger partial charge is 0.235 e. The molecular formula is C18H21BrN2O3S. The molecule has 0 spiro atoms. The van der Waals surface area contributed by atoms with Gasteiger partial charge in [0.15, 0.2) is 0 Å². The summed E-state index contributed by atoms with van der Waals surface area (Å²) in [6.07, 6.45) is 1.11. The van der Waals surface area contributed by atoms with Crippen LogP contribution in [0, 0.1) is 0 Å². The van der Waals surface area contributed by atoms with Gasteiger partial charge in [-0.3, -0.25) is 4.79 Å². The molecule has 2 aromatic rings. The van der Waals surface area contributed by atoms with E-state index in [1.807, 2.05) is 61.5 Å². The molecular weight excluding hydrogens is 404 g/mol. The lowest BCUT2D eigenvalue weighted by Crippen LogP contribution is -2.40. The van der Waals surface area contributed by atoms with Crippen molar-refractivity contribution in [1.29, 1.82) is 0 Å². The number of rotatable bonds is 7. The average Bonchev–Trinajstić information content (AvgIpc) is 2.56. The minimum atomic E-state index is -3.51. The summed E-state index contributed by atoms with van der Waals surface area (Å²) in [4.78, 5) is 12.3. The molecule has 1 amide bonds. The largest absolute Gasteiger partial charge is 0.348 e. The van der Waals surface area contributed by atoms with Crippen LogP contribution in [0.15, 0.2) is 59.1 Å². The summed E-state index contributed by atoms with van der Waals surface area (Å²) in [7, 11) is -3.51. The van der Waals surface area contributed by atoms with Crippen LogP contribution in [0.5, 0.6) is 0 Å². The second kappa shape index (κ2) is 8.60. The number of hydrogen-bond acceptors (Lipinski definition) is 3. The SMILES string of the molecule is C[C@H](NC(=O)CN(Cc1ccc(Br)cc1)S(C)(=O)=O)c1ccccc1. The fraction of sp³-hybridized carbons (Fsp3) is 0.278. The molecule has 134 valence electrons. The molecule has 0 bridgehead atoms. The fourth-order valence-corrected chi connectivity index (χ4v) is 3.36. The first kappa shape index (κ1) is 19.6. The van der Waals surface area contributed by atoms with Gasteiger partial charge in [-0.2, -0.15) is 4.31 Å². The van der Waals surface area contributed by atoms with Crippen molar-refractivity contribution in [2.24, 2.45) is 0 Å². The van der Waals surface area contributed by atoms with E-state index in [0.717, 1.165) is 21.9 Å². The van der Waals surface area contributed by atoms with Gasteiger partial charge in [0.1, 0.15) is 0 Å². The first-order chi connectivity index (χ1) is 11.8. The third kappa shape index (κ3) is 6.26. The van der Waals surface area contributed by atoms with Gasteiger partial charge in [-0.25, -0.2) is 8.42 Å². The van der Waals surface area contributed by atoms with Crippen LogP contribution in [0.25, 0.3) is 0 Å². The molecule has 2 aromatic carbocycles. The van der Waals surface area contributed by atoms with Gasteiger partial charge in [0, 0.05) is 11.0 Å². The van der Waals surface area contributed by atoms with E-state index >= 15 is 0 Å². The van der Waals surface area contributed by atoms with Crippen LogP contribution >= 0.6 is 15.9 Å². The Bertz CT molecular complexity index is 808. The van der Waals surface area contributed by atoms with Crippen molar-refractivity contribution in [3.8, 4) is 0 Å². The molecule has 0 unspecified atom stereocenters. The summed E-state index contributed by atoms with van der Waals surface area (Å²) in [5.74, 6) is -0.334. The lowest BCUT2D eigenvalue weighted by molar-refractivity contribution is -0.122. The number of carbonyl (C=O) groups is 1. The van der Waals surface area contributed by atoms with E-state index in [0.29, 0.717) is 0 Å². The molecule has 0 saturated heterocycles. The zero-order valence-corrected chi connectivity index (χ0v) is 16.5. The summed E-state index contributed by atoms with van der Waals surface area (Å²) in [6, 6.07) is 16.7. The van der Waals surface area contributed by atoms with Crippen LogP contribution < -0.4 is 5.32 Å². The molecule has 0 aliphatic carbocycles. The van der Waals surface area contributed by atoms with Crippen molar-refractivity contribution in [1.82, 2.24) is 9.62 Å². The van der Waals surface area contributed by atoms with Gasteiger partial charge in [-0.15, -0.1) is 0 Å². The van der Waals surface area contributed by atoms with Crippen molar-refractivity contribution >= 4 is 31.9 Å². The first-order valence-electron chi connectivity index (χ1n) is 7.79. The summed E-state index contributed by atoms with van der Waals surface area (Å²) >= 11 is 3.34. The van der Waals surface area contributed by atoms with Gasteiger partial charge in [0.25, 0.3) is 0 Å². The maximum Gasteiger partial charge on any atom is 0.235 e. The molecule has 0 aliphatic heterocycles. The summed E-state index contributed by atoms with van der Waals surface area (Å²) in [5, 5.41) is 2.84. The van der Waals surface area contributed by atoms with Crippen molar-refractivity contribution in [3.63, 3.8) is 0 Å². The van der Waals surface area contributed by atoms with Gasteiger partial charge in [0.2, 0.25) is 15.9 Å². The lowest BCUT2D eigenvalue weighted by Gasteiger charge is -2.21. The molecule has 25 heavy (non-hydrogen) atoms. The van der Waals surface area contributed by atoms with Crippen LogP contribution in [-0.4, -0.2) is 31.4 Å². The average molecular weight is 425 g/mol. The van der Waals surface area contributed by atoms with Crippen molar-refractivity contribution in [2.75, 3.05) is 12.8 Å². The van der Waals surface area contributed by atoms with Gasteiger partial charge in [-0.05, 0) is 30.2 Å². The van der Waals surface area contributed by atoms with Crippen molar-refractivity contribution < 1.29 is 13.2 Å². The van der Waals surface area contributed by atoms with Gasteiger partial charge >= 0.3 is 0 Å². The second-order valence-electron chi connectivity index (χ2n) is 5.86. The minimum Gasteiger partial charge on any atom is -0.348 e. The lowest BCUT2D eigenvalue weighted by atomic mass is 10.1. The highest BCUT2D eigenvalue weighted by Crippen LogP contribution is 2.14. The van der Waals surface area contributed by atoms with Crippen LogP contribution in [-0.2, 0) is 21.4 Å². The maximum absolute atomic E-state index is 12.3. The number of sulfonamides is 1. The summed E-state index contributed by atoms with van der Waals surface area (Å²) in [6.45, 7) is 1.80. The highest BCUT2D eigenvalue weighted by atomic mass is 79.9. The van der Waals surface area contributed by atoms with Crippen molar-refractivity contribution in [2.45, 2.75) is 19.5 Å². The second-order valence-corrected chi connectivity index (χ2v) is 8.76. The number of carbonyl (C=O) groups excluding carboxylic acids is 1. The Labute approximate surface area is 157 Å². The first-order valence-corrected chi connectivity index (χ1v) is 10.4. The minimum absolute atomic E-state index is 0.152. The molecule has 1 atom stereocenters. The molecule has 0 fully saturated rings. The number of nitrogens with one attached hydrogen (secondary N) is 1. The van der Waals surface area contributed by atoms with E-state index in [9.17, 15) is 13.2 Å². The summed E-state index contributed by atoms with van der Waals surface area (Å²) in [5.41, 5.74) is 1.78. The summed E-state index contributed by atoms with van der Waals surface area (Å²) < 4.78 is 26.1. The Morgan fingerprint density at radius 2 is 1.72 bits per heavy atom. The van der Waals surface area contributed by atoms with Gasteiger partial charge in [-0.1, -0.05) is 58.4 Å². The third-order valence-electron chi connectivity index (χ3n) is 3.74. The standard InChI is InChI=1S/C18H21BrN2O3S/c1-14(16-6-4-3-5-7-16)20-18(22)13-21(25(2,23)24)12-15-8-10-17(19)11-9-15/h3-11,14H,12-13H2,1-2H3,(H,20,22)/t14-/m0/s1. The number of benzene rings is 2. The van der Waals surface area contributed by atoms with E-state index < -0.39 is 10.0 Å². The number of nitrogens with zero attached hydrogens (tertiary/aromatic N) is 1. The van der Waals surface area contributed by atoms with E-state index in [4.69, 9.17) is 0 Å². The van der Waals surface area contributed by atoms with E-state index in [1.165, 1.54) is 4.31 Å². The van der Waals surface area contributed by atoms with Gasteiger partial charge < -0.3 is 5.32 Å². The zero-order chi connectivity index (χ0) is 18.4. The van der Waals surface area contributed by atoms with Gasteiger partial charge in [0.05, 0.1) is 18.8 Å². The zero-order valence-electron chi connectivity index (χ0n) is 14.1. The Morgan fingerprint density at radius 3 is 2.28 bits per heavy atom. The predicted octanol–water partition coefficient (Wildman–Crippen LogP) is 3.09. The van der Waals surface area contributed by atoms with Crippen LogP contribution in [0.1, 0.15) is 24.1 Å². The topological polar surface area (TPSA) is 66.5 Å². The Balaban J connectivity index is 2.04. The quantitative estimate of drug-likeness (QED) is 0.742. The van der Waals surface area contributed by atoms with E-state index in [1.54, 1.807) is 0 Å². The monoisotopic (exact) mass is 424 g/mol. The van der Waals surface area contributed by atoms with Crippen LogP contribution in [0.3, 0.4) is 0 Å². The molecule has 2 rings (SSSR count). The highest BCUT2D eigenvalue weighted by Gasteiger charge is 2.21. The Morgan fingerprint density at radius 1 is 1.12 bits per heavy atom. The normalized spacial score (nSPS) is 12.8. The number of halogens is 1.